The molecule has 0 unspecified atom stereocenters. The van der Waals surface area contributed by atoms with Crippen LogP contribution in [0, 0.1) is 11.8 Å². The van der Waals surface area contributed by atoms with Crippen LogP contribution in [0.3, 0.4) is 0 Å². The number of allylic oxidation sites excluding steroid dienone is 2. The number of amides is 4. The summed E-state index contributed by atoms with van der Waals surface area (Å²) in [5.74, 6) is -0.605. The fourth-order valence-corrected chi connectivity index (χ4v) is 8.74. The third kappa shape index (κ3) is 14.0. The van der Waals surface area contributed by atoms with E-state index in [1.807, 2.05) is 26.0 Å². The van der Waals surface area contributed by atoms with Crippen LogP contribution in [0.2, 0.25) is 0 Å². The molecule has 4 fully saturated rings. The van der Waals surface area contributed by atoms with Crippen LogP contribution in [-0.4, -0.2) is 113 Å². The zero-order valence-corrected chi connectivity index (χ0v) is 35.4. The fourth-order valence-electron chi connectivity index (χ4n) is 8.74. The lowest BCUT2D eigenvalue weighted by atomic mass is 9.81. The number of Topliss-reactive ketones (excluding diaryl/α,β-unsaturated/α-hetero) is 1. The number of hydrogen-bond donors (Lipinski definition) is 3. The highest BCUT2D eigenvalue weighted by Gasteiger charge is 2.58. The molecule has 326 valence electrons. The second kappa shape index (κ2) is 21.5. The van der Waals surface area contributed by atoms with Crippen LogP contribution in [0.4, 0.5) is 0 Å². The van der Waals surface area contributed by atoms with Gasteiger partial charge in [-0.15, -0.1) is 0 Å². The van der Waals surface area contributed by atoms with Crippen LogP contribution in [0.1, 0.15) is 118 Å². The maximum absolute atomic E-state index is 13.3. The Bertz CT molecular complexity index is 1620. The number of imide groups is 1. The molecule has 3 N–H and O–H groups in total. The molecule has 4 amide bonds. The van der Waals surface area contributed by atoms with Crippen molar-refractivity contribution in [1.82, 2.24) is 15.5 Å². The summed E-state index contributed by atoms with van der Waals surface area (Å²) >= 11 is 0. The molecule has 4 aliphatic heterocycles. The Morgan fingerprint density at radius 3 is 2.37 bits per heavy atom. The van der Waals surface area contributed by atoms with Gasteiger partial charge in [0, 0.05) is 63.4 Å². The molecular weight excluding hydrogens is 759 g/mol. The predicted octanol–water partition coefficient (Wildman–Crippen LogP) is 4.48. The zero-order chi connectivity index (χ0) is 42.7. The number of aliphatic hydroxyl groups is 1. The van der Waals surface area contributed by atoms with Crippen molar-refractivity contribution in [3.63, 3.8) is 0 Å². The Morgan fingerprint density at radius 2 is 1.69 bits per heavy atom. The van der Waals surface area contributed by atoms with Crippen molar-refractivity contribution in [3.05, 3.63) is 48.1 Å². The van der Waals surface area contributed by atoms with Gasteiger partial charge >= 0.3 is 5.97 Å². The maximum atomic E-state index is 13.3. The molecule has 0 bridgehead atoms. The third-order valence-corrected chi connectivity index (χ3v) is 12.3. The largest absolute Gasteiger partial charge is 0.459 e. The monoisotopic (exact) mass is 823 g/mol. The Hall–Kier alpha value is -3.98. The molecule has 0 radical (unpaired) electrons. The normalized spacial score (nSPS) is 32.8. The number of aliphatic hydroxyl groups excluding tert-OH is 1. The number of unbranched alkanes of at least 4 members (excludes halogenated alkanes) is 2. The van der Waals surface area contributed by atoms with Crippen molar-refractivity contribution >= 4 is 35.4 Å². The number of hydrogen-bond acceptors (Lipinski definition) is 11. The van der Waals surface area contributed by atoms with Gasteiger partial charge in [-0.2, -0.15) is 0 Å². The van der Waals surface area contributed by atoms with E-state index in [0.29, 0.717) is 51.7 Å². The summed E-state index contributed by atoms with van der Waals surface area (Å²) in [7, 11) is 0. The van der Waals surface area contributed by atoms with Gasteiger partial charge in [-0.1, -0.05) is 37.1 Å². The lowest BCUT2D eigenvalue weighted by molar-refractivity contribution is -0.145. The molecule has 5 aliphatic rings. The number of nitrogens with zero attached hydrogens (tertiary/aromatic N) is 1. The number of ketones is 1. The second-order valence-electron chi connectivity index (χ2n) is 17.4. The van der Waals surface area contributed by atoms with Crippen LogP contribution >= 0.6 is 0 Å². The third-order valence-electron chi connectivity index (χ3n) is 12.3. The van der Waals surface area contributed by atoms with Crippen molar-refractivity contribution in [1.29, 1.82) is 0 Å². The zero-order valence-electron chi connectivity index (χ0n) is 35.4. The summed E-state index contributed by atoms with van der Waals surface area (Å²) in [6.45, 7) is 9.89. The van der Waals surface area contributed by atoms with E-state index in [4.69, 9.17) is 18.9 Å². The Labute approximate surface area is 348 Å². The van der Waals surface area contributed by atoms with Crippen LogP contribution in [-0.2, 0) is 47.7 Å². The molecule has 0 aromatic carbocycles. The Kier molecular flexibility index (Phi) is 16.8. The van der Waals surface area contributed by atoms with E-state index in [1.54, 1.807) is 13.0 Å². The first-order valence-corrected chi connectivity index (χ1v) is 21.6. The summed E-state index contributed by atoms with van der Waals surface area (Å²) < 4.78 is 23.4. The lowest BCUT2D eigenvalue weighted by Crippen LogP contribution is -2.50. The van der Waals surface area contributed by atoms with Gasteiger partial charge in [0.15, 0.2) is 0 Å². The quantitative estimate of drug-likeness (QED) is 0.0416. The lowest BCUT2D eigenvalue weighted by Gasteiger charge is -2.39. The predicted molar refractivity (Wildman–Crippen MR) is 218 cm³/mol. The van der Waals surface area contributed by atoms with E-state index in [2.05, 4.69) is 23.6 Å². The van der Waals surface area contributed by atoms with E-state index in [-0.39, 0.29) is 78.1 Å². The van der Waals surface area contributed by atoms with Crippen LogP contribution in [0.15, 0.2) is 48.1 Å². The highest BCUT2D eigenvalue weighted by Crippen LogP contribution is 2.44. The van der Waals surface area contributed by atoms with Gasteiger partial charge in [0.25, 0.3) is 11.8 Å². The van der Waals surface area contributed by atoms with Gasteiger partial charge in [0.05, 0.1) is 31.0 Å². The molecule has 0 aromatic rings. The maximum Gasteiger partial charge on any atom is 0.303 e. The minimum atomic E-state index is -0.832. The minimum Gasteiger partial charge on any atom is -0.459 e. The van der Waals surface area contributed by atoms with Gasteiger partial charge in [0.2, 0.25) is 11.8 Å². The molecule has 14 heteroatoms. The van der Waals surface area contributed by atoms with Crippen molar-refractivity contribution in [2.45, 2.75) is 172 Å². The fraction of sp³-hybridized carbons (Fsp3) is 0.689. The molecule has 5 rings (SSSR count). The highest BCUT2D eigenvalue weighted by atomic mass is 16.6. The molecule has 14 nitrogen and oxygen atoms in total. The number of rotatable bonds is 19. The van der Waals surface area contributed by atoms with E-state index in [1.165, 1.54) is 30.1 Å². The van der Waals surface area contributed by atoms with Gasteiger partial charge in [-0.05, 0) is 90.0 Å². The topological polar surface area (TPSA) is 190 Å². The number of carbonyl (C=O) groups excluding carboxylic acids is 6. The SMILES string of the molecule is CC(=O)O[C@@H](C)/C=C\C(=O)N[C@@H]1C[C@H](C)[C@H](C/C=C(C)/C=C/[C@H]2O[C@H](CC(=O)CC3CCC(NC(=O)CCCCCN4C(=O)C=CC4=O)CC3)C[C@@]3(CO3)[C@@H]2O)O[C@@H]1C. The number of ether oxygens (including phenoxy) is 4. The Balaban J connectivity index is 0.990. The average molecular weight is 824 g/mol. The van der Waals surface area contributed by atoms with Crippen LogP contribution < -0.4 is 10.6 Å². The molecule has 1 spiro atoms. The molecule has 3 saturated heterocycles. The summed E-state index contributed by atoms with van der Waals surface area (Å²) in [5.41, 5.74) is 0.310. The van der Waals surface area contributed by atoms with Crippen molar-refractivity contribution in [2.24, 2.45) is 11.8 Å². The number of esters is 1. The number of nitrogens with one attached hydrogen (secondary N) is 2. The van der Waals surface area contributed by atoms with Crippen LogP contribution in [0.5, 0.6) is 0 Å². The van der Waals surface area contributed by atoms with Gasteiger partial charge in [-0.3, -0.25) is 33.7 Å². The van der Waals surface area contributed by atoms with Gasteiger partial charge in [-0.25, -0.2) is 0 Å². The van der Waals surface area contributed by atoms with Crippen molar-refractivity contribution < 1.29 is 52.8 Å². The first kappa shape index (κ1) is 46.1. The van der Waals surface area contributed by atoms with Crippen molar-refractivity contribution in [3.8, 4) is 0 Å². The van der Waals surface area contributed by atoms with Gasteiger partial charge in [0.1, 0.15) is 29.7 Å². The number of carbonyl (C=O) groups is 6. The number of epoxide rings is 1. The first-order chi connectivity index (χ1) is 28.1. The van der Waals surface area contributed by atoms with Crippen molar-refractivity contribution in [2.75, 3.05) is 13.2 Å². The average Bonchev–Trinajstić information content (AvgIpc) is 3.88. The Morgan fingerprint density at radius 1 is 0.983 bits per heavy atom. The molecule has 9 atom stereocenters. The molecule has 0 aromatic heterocycles. The molecule has 59 heavy (non-hydrogen) atoms. The highest BCUT2D eigenvalue weighted by molar-refractivity contribution is 6.12. The minimum absolute atomic E-state index is 0.0153. The van der Waals surface area contributed by atoms with E-state index >= 15 is 0 Å². The van der Waals surface area contributed by atoms with E-state index < -0.39 is 29.9 Å². The summed E-state index contributed by atoms with van der Waals surface area (Å²) in [6, 6.07) is -0.0424. The smallest absolute Gasteiger partial charge is 0.303 e. The summed E-state index contributed by atoms with van der Waals surface area (Å²) in [5, 5.41) is 17.3. The molecular formula is C45H65N3O11. The van der Waals surface area contributed by atoms with Gasteiger partial charge < -0.3 is 34.7 Å². The summed E-state index contributed by atoms with van der Waals surface area (Å²) in [4.78, 5) is 74.0. The summed E-state index contributed by atoms with van der Waals surface area (Å²) in [6.07, 6.45) is 17.5. The molecule has 1 saturated carbocycles. The second-order valence-corrected chi connectivity index (χ2v) is 17.4. The van der Waals surface area contributed by atoms with Crippen LogP contribution in [0.25, 0.3) is 0 Å². The molecule has 1 aliphatic carbocycles. The standard InChI is InChI=1S/C45H65N3O11/c1-28(10-17-38-29(2)23-37(31(4)58-38)47-41(52)19-12-30(3)57-32(5)49)11-18-39-44(55)45(27-56-45)26-36(59-39)25-35(50)24-33-13-15-34(16-14-33)46-40(51)9-7-6-8-22-48-42(53)20-21-43(48)54/h10-12,18-21,29-31,33-34,36-39,44,55H,6-9,13-17,22-27H2,1-5H3,(H,46,51)(H,47,52)/b18-11+,19-12-,28-10+/t29-,30-,31+,33?,34?,36+,37+,38-,39+,44+,45+/m0/s1. The molecule has 4 heterocycles. The van der Waals surface area contributed by atoms with E-state index in [0.717, 1.165) is 44.1 Å². The first-order valence-electron chi connectivity index (χ1n) is 21.6. The van der Waals surface area contributed by atoms with E-state index in [9.17, 15) is 33.9 Å².